The molecule has 1 heterocycles. The van der Waals surface area contributed by atoms with Crippen molar-refractivity contribution < 1.29 is 24.2 Å². The third-order valence-corrected chi connectivity index (χ3v) is 5.40. The lowest BCUT2D eigenvalue weighted by molar-refractivity contribution is -0.138. The molecule has 1 unspecified atom stereocenters. The van der Waals surface area contributed by atoms with Gasteiger partial charge in [0.2, 0.25) is 5.91 Å². The number of hydrogen-bond acceptors (Lipinski definition) is 7. The summed E-state index contributed by atoms with van der Waals surface area (Å²) >= 11 is 7.16. The molecule has 0 saturated carbocycles. The summed E-state index contributed by atoms with van der Waals surface area (Å²) in [7, 11) is 1.57. The van der Waals surface area contributed by atoms with Crippen LogP contribution >= 0.6 is 23.4 Å². The van der Waals surface area contributed by atoms with E-state index in [0.29, 0.717) is 16.5 Å². The lowest BCUT2D eigenvalue weighted by Gasteiger charge is -2.12. The Labute approximate surface area is 181 Å². The first-order valence-corrected chi connectivity index (χ1v) is 10.1. The first-order valence-electron chi connectivity index (χ1n) is 8.81. The van der Waals surface area contributed by atoms with Crippen molar-refractivity contribution in [1.29, 1.82) is 0 Å². The van der Waals surface area contributed by atoms with Gasteiger partial charge in [0.15, 0.2) is 5.17 Å². The number of benzene rings is 2. The van der Waals surface area contributed by atoms with Crippen LogP contribution in [-0.4, -0.2) is 40.7 Å². The van der Waals surface area contributed by atoms with Gasteiger partial charge in [-0.1, -0.05) is 35.5 Å². The van der Waals surface area contributed by atoms with Gasteiger partial charge >= 0.3 is 5.97 Å². The Kier molecular flexibility index (Phi) is 7.31. The Bertz CT molecular complexity index is 1010. The van der Waals surface area contributed by atoms with Crippen LogP contribution in [0.5, 0.6) is 11.5 Å². The zero-order chi connectivity index (χ0) is 21.5. The number of thioether (sulfide) groups is 1. The second-order valence-corrected chi connectivity index (χ2v) is 7.73. The van der Waals surface area contributed by atoms with E-state index in [9.17, 15) is 9.59 Å². The summed E-state index contributed by atoms with van der Waals surface area (Å²) in [5, 5.41) is 19.3. The summed E-state index contributed by atoms with van der Waals surface area (Å²) in [5.41, 5.74) is 1.54. The molecular formula is C20H18ClN3O5S. The van der Waals surface area contributed by atoms with Gasteiger partial charge in [-0.15, -0.1) is 5.10 Å². The monoisotopic (exact) mass is 447 g/mol. The molecular weight excluding hydrogens is 430 g/mol. The quantitative estimate of drug-likeness (QED) is 0.474. The average molecular weight is 448 g/mol. The Morgan fingerprint density at radius 1 is 1.30 bits per heavy atom. The molecule has 1 saturated heterocycles. The minimum Gasteiger partial charge on any atom is -0.496 e. The molecule has 0 bridgehead atoms. The molecule has 0 spiro atoms. The van der Waals surface area contributed by atoms with E-state index in [1.807, 2.05) is 18.2 Å². The number of para-hydroxylation sites is 1. The van der Waals surface area contributed by atoms with Gasteiger partial charge in [0, 0.05) is 5.56 Å². The summed E-state index contributed by atoms with van der Waals surface area (Å²) < 4.78 is 11.2. The van der Waals surface area contributed by atoms with Gasteiger partial charge in [0.1, 0.15) is 23.4 Å². The fourth-order valence-electron chi connectivity index (χ4n) is 2.60. The highest BCUT2D eigenvalue weighted by atomic mass is 35.5. The summed E-state index contributed by atoms with van der Waals surface area (Å²) in [6.07, 6.45) is 1.25. The molecule has 1 aliphatic rings. The van der Waals surface area contributed by atoms with Crippen LogP contribution in [0.3, 0.4) is 0 Å². The number of carbonyl (C=O) groups excluding carboxylic acids is 1. The molecule has 10 heteroatoms. The van der Waals surface area contributed by atoms with Gasteiger partial charge in [-0.05, 0) is 35.9 Å². The second kappa shape index (κ2) is 10.1. The van der Waals surface area contributed by atoms with Crippen molar-refractivity contribution in [2.45, 2.75) is 18.3 Å². The van der Waals surface area contributed by atoms with E-state index in [4.69, 9.17) is 26.2 Å². The molecule has 0 radical (unpaired) electrons. The number of carboxylic acid groups (broad SMARTS) is 1. The van der Waals surface area contributed by atoms with Gasteiger partial charge in [0.05, 0.1) is 24.8 Å². The number of hydrogen-bond donors (Lipinski definition) is 2. The summed E-state index contributed by atoms with van der Waals surface area (Å²) in [4.78, 5) is 22.5. The SMILES string of the molecule is COc1ccc(C=NN=C2NC(=O)C(CC(=O)O)S2)cc1COc1ccccc1Cl. The number of amides is 1. The van der Waals surface area contributed by atoms with E-state index in [1.54, 1.807) is 31.4 Å². The van der Waals surface area contributed by atoms with E-state index in [-0.39, 0.29) is 24.1 Å². The number of halogens is 1. The fourth-order valence-corrected chi connectivity index (χ4v) is 3.71. The zero-order valence-corrected chi connectivity index (χ0v) is 17.4. The molecule has 1 fully saturated rings. The fraction of sp³-hybridized carbons (Fsp3) is 0.200. The van der Waals surface area contributed by atoms with E-state index >= 15 is 0 Å². The van der Waals surface area contributed by atoms with Crippen molar-refractivity contribution >= 4 is 46.6 Å². The van der Waals surface area contributed by atoms with Gasteiger partial charge < -0.3 is 19.9 Å². The first-order chi connectivity index (χ1) is 14.5. The Morgan fingerprint density at radius 3 is 2.83 bits per heavy atom. The average Bonchev–Trinajstić information content (AvgIpc) is 3.06. The Balaban J connectivity index is 1.68. The number of aliphatic carboxylic acids is 1. The third-order valence-electron chi connectivity index (χ3n) is 4.02. The van der Waals surface area contributed by atoms with Crippen LogP contribution in [0.15, 0.2) is 52.7 Å². The van der Waals surface area contributed by atoms with Crippen LogP contribution in [0.4, 0.5) is 0 Å². The predicted octanol–water partition coefficient (Wildman–Crippen LogP) is 3.32. The number of rotatable bonds is 8. The smallest absolute Gasteiger partial charge is 0.305 e. The number of ether oxygens (including phenoxy) is 2. The number of carboxylic acids is 1. The van der Waals surface area contributed by atoms with Crippen LogP contribution in [0.2, 0.25) is 5.02 Å². The van der Waals surface area contributed by atoms with Crippen molar-refractivity contribution in [3.63, 3.8) is 0 Å². The van der Waals surface area contributed by atoms with Crippen molar-refractivity contribution in [3.8, 4) is 11.5 Å². The van der Waals surface area contributed by atoms with Crippen LogP contribution < -0.4 is 14.8 Å². The maximum atomic E-state index is 11.7. The maximum Gasteiger partial charge on any atom is 0.305 e. The number of carbonyl (C=O) groups is 2. The maximum absolute atomic E-state index is 11.7. The second-order valence-electron chi connectivity index (χ2n) is 6.13. The number of nitrogens with one attached hydrogen (secondary N) is 1. The molecule has 2 aromatic rings. The number of methoxy groups -OCH3 is 1. The molecule has 1 atom stereocenters. The molecule has 156 valence electrons. The standard InChI is InChI=1S/C20H18ClN3O5S/c1-28-15-7-6-12(8-13(15)11-29-16-5-3-2-4-14(16)21)10-22-24-20-23-19(27)17(30-20)9-18(25)26/h2-8,10,17H,9,11H2,1H3,(H,25,26)(H,23,24,27). The van der Waals surface area contributed by atoms with Crippen molar-refractivity contribution in [2.24, 2.45) is 10.2 Å². The molecule has 2 N–H and O–H groups in total. The van der Waals surface area contributed by atoms with Crippen molar-refractivity contribution in [1.82, 2.24) is 5.32 Å². The van der Waals surface area contributed by atoms with Gasteiger partial charge in [0.25, 0.3) is 0 Å². The number of nitrogens with zero attached hydrogens (tertiary/aromatic N) is 2. The first kappa shape index (κ1) is 21.7. The van der Waals surface area contributed by atoms with Crippen LogP contribution in [0, 0.1) is 0 Å². The predicted molar refractivity (Wildman–Crippen MR) is 116 cm³/mol. The highest BCUT2D eigenvalue weighted by molar-refractivity contribution is 8.15. The normalized spacial score (nSPS) is 17.3. The van der Waals surface area contributed by atoms with Gasteiger partial charge in [-0.3, -0.25) is 9.59 Å². The Morgan fingerprint density at radius 2 is 2.10 bits per heavy atom. The van der Waals surface area contributed by atoms with Gasteiger partial charge in [-0.25, -0.2) is 0 Å². The summed E-state index contributed by atoms with van der Waals surface area (Å²) in [6, 6.07) is 12.6. The van der Waals surface area contributed by atoms with E-state index in [2.05, 4.69) is 15.5 Å². The highest BCUT2D eigenvalue weighted by Crippen LogP contribution is 2.27. The molecule has 0 aliphatic carbocycles. The molecule has 30 heavy (non-hydrogen) atoms. The minimum atomic E-state index is -1.04. The van der Waals surface area contributed by atoms with E-state index < -0.39 is 11.2 Å². The Hall–Kier alpha value is -3.04. The summed E-state index contributed by atoms with van der Waals surface area (Å²) in [5.74, 6) is -0.214. The lowest BCUT2D eigenvalue weighted by Crippen LogP contribution is -2.26. The zero-order valence-electron chi connectivity index (χ0n) is 15.9. The minimum absolute atomic E-state index is 0.242. The third kappa shape index (κ3) is 5.74. The largest absolute Gasteiger partial charge is 0.496 e. The lowest BCUT2D eigenvalue weighted by atomic mass is 10.1. The van der Waals surface area contributed by atoms with E-state index in [0.717, 1.165) is 22.9 Å². The highest BCUT2D eigenvalue weighted by Gasteiger charge is 2.32. The molecule has 1 aliphatic heterocycles. The number of amidine groups is 1. The van der Waals surface area contributed by atoms with Crippen LogP contribution in [-0.2, 0) is 16.2 Å². The molecule has 3 rings (SSSR count). The molecule has 0 aromatic heterocycles. The van der Waals surface area contributed by atoms with Crippen molar-refractivity contribution in [3.05, 3.63) is 58.6 Å². The van der Waals surface area contributed by atoms with Crippen molar-refractivity contribution in [2.75, 3.05) is 7.11 Å². The van der Waals surface area contributed by atoms with Crippen LogP contribution in [0.1, 0.15) is 17.5 Å². The van der Waals surface area contributed by atoms with E-state index in [1.165, 1.54) is 6.21 Å². The molecule has 2 aromatic carbocycles. The molecule has 1 amide bonds. The van der Waals surface area contributed by atoms with Gasteiger partial charge in [-0.2, -0.15) is 5.10 Å². The molecule has 8 nitrogen and oxygen atoms in total. The van der Waals surface area contributed by atoms with Crippen LogP contribution in [0.25, 0.3) is 0 Å². The summed E-state index contributed by atoms with van der Waals surface area (Å²) in [6.45, 7) is 0.242. The topological polar surface area (TPSA) is 110 Å².